The van der Waals surface area contributed by atoms with Crippen molar-refractivity contribution >= 4 is 11.7 Å². The van der Waals surface area contributed by atoms with Gasteiger partial charge in [-0.05, 0) is 37.5 Å². The van der Waals surface area contributed by atoms with Gasteiger partial charge in [-0.1, -0.05) is 31.4 Å². The molecule has 1 atom stereocenters. The molecule has 1 heterocycles. The number of aliphatic hydroxyl groups is 1. The Morgan fingerprint density at radius 2 is 1.78 bits per heavy atom. The second kappa shape index (κ2) is 6.14. The maximum absolute atomic E-state index is 13.2. The van der Waals surface area contributed by atoms with Gasteiger partial charge in [-0.3, -0.25) is 9.59 Å². The van der Waals surface area contributed by atoms with Gasteiger partial charge < -0.3 is 10.0 Å². The molecule has 1 aliphatic carbocycles. The number of nitrogens with zero attached hydrogens (tertiary/aromatic N) is 1. The molecule has 23 heavy (non-hydrogen) atoms. The summed E-state index contributed by atoms with van der Waals surface area (Å²) in [5.74, 6) is -1.66. The van der Waals surface area contributed by atoms with E-state index in [0.29, 0.717) is 5.56 Å². The molecular weight excluding hydrogens is 297 g/mol. The molecule has 122 valence electrons. The average Bonchev–Trinajstić information content (AvgIpc) is 2.81. The third-order valence-electron chi connectivity index (χ3n) is 4.78. The molecule has 1 unspecified atom stereocenters. The molecule has 1 aliphatic heterocycles. The SMILES string of the molecule is CC(=O)C1=C(O)C(=O)N(C2CCCCC2)C1c1ccc(F)cc1. The Kier molecular flexibility index (Phi) is 4.20. The zero-order valence-electron chi connectivity index (χ0n) is 13.1. The zero-order valence-corrected chi connectivity index (χ0v) is 13.1. The average molecular weight is 317 g/mol. The van der Waals surface area contributed by atoms with Crippen LogP contribution in [0.3, 0.4) is 0 Å². The molecular formula is C18H20FNO3. The summed E-state index contributed by atoms with van der Waals surface area (Å²) in [6.45, 7) is 1.35. The van der Waals surface area contributed by atoms with Crippen molar-refractivity contribution in [3.63, 3.8) is 0 Å². The molecule has 0 aromatic heterocycles. The topological polar surface area (TPSA) is 57.6 Å². The van der Waals surface area contributed by atoms with Crippen LogP contribution in [0, 0.1) is 5.82 Å². The predicted octanol–water partition coefficient (Wildman–Crippen LogP) is 3.44. The lowest BCUT2D eigenvalue weighted by molar-refractivity contribution is -0.132. The van der Waals surface area contributed by atoms with Gasteiger partial charge in [0.15, 0.2) is 11.5 Å². The van der Waals surface area contributed by atoms with E-state index < -0.39 is 17.7 Å². The molecule has 2 aliphatic rings. The van der Waals surface area contributed by atoms with Crippen LogP contribution in [0.15, 0.2) is 35.6 Å². The summed E-state index contributed by atoms with van der Waals surface area (Å²) < 4.78 is 13.2. The van der Waals surface area contributed by atoms with Gasteiger partial charge in [0.25, 0.3) is 5.91 Å². The first-order valence-electron chi connectivity index (χ1n) is 8.03. The second-order valence-corrected chi connectivity index (χ2v) is 6.28. The minimum atomic E-state index is -0.622. The number of aliphatic hydroxyl groups excluding tert-OH is 1. The summed E-state index contributed by atoms with van der Waals surface area (Å²) in [5.41, 5.74) is 0.770. The van der Waals surface area contributed by atoms with Gasteiger partial charge in [-0.25, -0.2) is 4.39 Å². The Morgan fingerprint density at radius 1 is 1.17 bits per heavy atom. The standard InChI is InChI=1S/C18H20FNO3/c1-11(21)15-16(12-7-9-13(19)10-8-12)20(18(23)17(15)22)14-5-3-2-4-6-14/h7-10,14,16,22H,2-6H2,1H3. The molecule has 1 aromatic rings. The zero-order chi connectivity index (χ0) is 16.6. The van der Waals surface area contributed by atoms with Gasteiger partial charge in [0.1, 0.15) is 5.82 Å². The van der Waals surface area contributed by atoms with E-state index >= 15 is 0 Å². The van der Waals surface area contributed by atoms with Gasteiger partial charge in [-0.15, -0.1) is 0 Å². The van der Waals surface area contributed by atoms with Crippen LogP contribution in [-0.2, 0) is 9.59 Å². The highest BCUT2D eigenvalue weighted by atomic mass is 19.1. The summed E-state index contributed by atoms with van der Waals surface area (Å²) in [6, 6.07) is 5.15. The van der Waals surface area contributed by atoms with Gasteiger partial charge in [0.05, 0.1) is 11.6 Å². The lowest BCUT2D eigenvalue weighted by atomic mass is 9.90. The van der Waals surface area contributed by atoms with Crippen molar-refractivity contribution < 1.29 is 19.1 Å². The number of ketones is 1. The van der Waals surface area contributed by atoms with E-state index in [0.717, 1.165) is 32.1 Å². The van der Waals surface area contributed by atoms with Gasteiger partial charge in [-0.2, -0.15) is 0 Å². The molecule has 0 bridgehead atoms. The molecule has 1 saturated carbocycles. The number of amides is 1. The molecule has 0 spiro atoms. The number of rotatable bonds is 3. The Labute approximate surface area is 134 Å². The molecule has 1 fully saturated rings. The number of benzene rings is 1. The van der Waals surface area contributed by atoms with Crippen LogP contribution in [-0.4, -0.2) is 27.7 Å². The monoisotopic (exact) mass is 317 g/mol. The van der Waals surface area contributed by atoms with E-state index in [1.807, 2.05) is 0 Å². The van der Waals surface area contributed by atoms with E-state index in [1.165, 1.54) is 19.1 Å². The highest BCUT2D eigenvalue weighted by Crippen LogP contribution is 2.41. The van der Waals surface area contributed by atoms with Crippen LogP contribution < -0.4 is 0 Å². The fourth-order valence-electron chi connectivity index (χ4n) is 3.69. The van der Waals surface area contributed by atoms with E-state index in [4.69, 9.17) is 0 Å². The number of carbonyl (C=O) groups is 2. The number of carbonyl (C=O) groups excluding carboxylic acids is 2. The molecule has 1 aromatic carbocycles. The first kappa shape index (κ1) is 15.7. The number of hydrogen-bond acceptors (Lipinski definition) is 3. The largest absolute Gasteiger partial charge is 0.503 e. The summed E-state index contributed by atoms with van der Waals surface area (Å²) in [5, 5.41) is 10.2. The maximum Gasteiger partial charge on any atom is 0.290 e. The van der Waals surface area contributed by atoms with Crippen molar-refractivity contribution in [1.29, 1.82) is 0 Å². The minimum absolute atomic E-state index is 0.00491. The number of Topliss-reactive ketones (excluding diaryl/α,β-unsaturated/α-hetero) is 1. The first-order valence-corrected chi connectivity index (χ1v) is 8.03. The van der Waals surface area contributed by atoms with Crippen molar-refractivity contribution in [3.8, 4) is 0 Å². The van der Waals surface area contributed by atoms with Gasteiger partial charge in [0, 0.05) is 6.04 Å². The summed E-state index contributed by atoms with van der Waals surface area (Å²) >= 11 is 0. The second-order valence-electron chi connectivity index (χ2n) is 6.28. The quantitative estimate of drug-likeness (QED) is 0.929. The van der Waals surface area contributed by atoms with Crippen molar-refractivity contribution in [2.75, 3.05) is 0 Å². The van der Waals surface area contributed by atoms with Crippen molar-refractivity contribution in [1.82, 2.24) is 4.90 Å². The summed E-state index contributed by atoms with van der Waals surface area (Å²) in [6.07, 6.45) is 4.92. The first-order chi connectivity index (χ1) is 11.0. The van der Waals surface area contributed by atoms with Gasteiger partial charge >= 0.3 is 0 Å². The minimum Gasteiger partial charge on any atom is -0.503 e. The van der Waals surface area contributed by atoms with E-state index in [2.05, 4.69) is 0 Å². The molecule has 3 rings (SSSR count). The summed E-state index contributed by atoms with van der Waals surface area (Å²) in [4.78, 5) is 26.2. The highest BCUT2D eigenvalue weighted by molar-refractivity contribution is 6.08. The third kappa shape index (κ3) is 2.76. The van der Waals surface area contributed by atoms with E-state index in [1.54, 1.807) is 17.0 Å². The fraction of sp³-hybridized carbons (Fsp3) is 0.444. The van der Waals surface area contributed by atoms with Crippen LogP contribution in [0.2, 0.25) is 0 Å². The van der Waals surface area contributed by atoms with Crippen LogP contribution in [0.1, 0.15) is 50.6 Å². The van der Waals surface area contributed by atoms with Crippen molar-refractivity contribution in [3.05, 3.63) is 47.0 Å². The predicted molar refractivity (Wildman–Crippen MR) is 83.2 cm³/mol. The molecule has 4 nitrogen and oxygen atoms in total. The molecule has 5 heteroatoms. The van der Waals surface area contributed by atoms with Crippen LogP contribution in [0.4, 0.5) is 4.39 Å². The van der Waals surface area contributed by atoms with E-state index in [9.17, 15) is 19.1 Å². The Balaban J connectivity index is 2.05. The van der Waals surface area contributed by atoms with Crippen LogP contribution in [0.5, 0.6) is 0 Å². The van der Waals surface area contributed by atoms with Crippen LogP contribution in [0.25, 0.3) is 0 Å². The van der Waals surface area contributed by atoms with Crippen molar-refractivity contribution in [2.45, 2.75) is 51.1 Å². The van der Waals surface area contributed by atoms with Crippen molar-refractivity contribution in [2.24, 2.45) is 0 Å². The molecule has 0 saturated heterocycles. The normalized spacial score (nSPS) is 22.8. The molecule has 1 N–H and O–H groups in total. The number of hydrogen-bond donors (Lipinski definition) is 1. The van der Waals surface area contributed by atoms with Gasteiger partial charge in [0.2, 0.25) is 0 Å². The molecule has 0 radical (unpaired) electrons. The molecule has 1 amide bonds. The summed E-state index contributed by atoms with van der Waals surface area (Å²) in [7, 11) is 0. The maximum atomic E-state index is 13.2. The lowest BCUT2D eigenvalue weighted by Gasteiger charge is -2.36. The number of halogens is 1. The highest BCUT2D eigenvalue weighted by Gasteiger charge is 2.45. The lowest BCUT2D eigenvalue weighted by Crippen LogP contribution is -2.41. The Bertz CT molecular complexity index is 659. The Hall–Kier alpha value is -2.17. The Morgan fingerprint density at radius 3 is 2.35 bits per heavy atom. The van der Waals surface area contributed by atoms with Crippen LogP contribution >= 0.6 is 0 Å². The van der Waals surface area contributed by atoms with E-state index in [-0.39, 0.29) is 23.2 Å². The third-order valence-corrected chi connectivity index (χ3v) is 4.78. The fourth-order valence-corrected chi connectivity index (χ4v) is 3.69. The smallest absolute Gasteiger partial charge is 0.290 e.